The average molecular weight is 443 g/mol. The van der Waals surface area contributed by atoms with Gasteiger partial charge in [0.1, 0.15) is 16.6 Å². The van der Waals surface area contributed by atoms with Crippen molar-refractivity contribution in [3.8, 4) is 10.6 Å². The van der Waals surface area contributed by atoms with Crippen LogP contribution < -0.4 is 5.73 Å². The molecule has 0 saturated carbocycles. The van der Waals surface area contributed by atoms with Gasteiger partial charge in [0.05, 0.1) is 11.3 Å². The van der Waals surface area contributed by atoms with E-state index in [-0.39, 0.29) is 5.56 Å². The number of thioether (sulfide) groups is 1. The first-order valence-corrected chi connectivity index (χ1v) is 10.6. The molecule has 0 radical (unpaired) electrons. The Labute approximate surface area is 173 Å². The maximum Gasteiger partial charge on any atom is 0.416 e. The number of anilines is 1. The van der Waals surface area contributed by atoms with Crippen molar-refractivity contribution in [2.45, 2.75) is 43.8 Å². The zero-order valence-corrected chi connectivity index (χ0v) is 17.3. The Morgan fingerprint density at radius 1 is 1.14 bits per heavy atom. The van der Waals surface area contributed by atoms with Crippen LogP contribution in [0.2, 0.25) is 0 Å². The van der Waals surface area contributed by atoms with Crippen molar-refractivity contribution in [3.05, 3.63) is 51.9 Å². The molecule has 3 aromatic rings. The van der Waals surface area contributed by atoms with Gasteiger partial charge in [0, 0.05) is 28.0 Å². The average Bonchev–Trinajstić information content (AvgIpc) is 3.01. The molecule has 2 N–H and O–H groups in total. The summed E-state index contributed by atoms with van der Waals surface area (Å²) in [6.45, 7) is 3.83. The van der Waals surface area contributed by atoms with E-state index in [2.05, 4.69) is 15.0 Å². The Hall–Kier alpha value is -2.20. The smallest absolute Gasteiger partial charge is 0.384 e. The van der Waals surface area contributed by atoms with Crippen molar-refractivity contribution >= 4 is 28.9 Å². The van der Waals surface area contributed by atoms with E-state index in [0.717, 1.165) is 41.2 Å². The second kappa shape index (κ2) is 8.66. The monoisotopic (exact) mass is 442 g/mol. The normalized spacial score (nSPS) is 11.8. The van der Waals surface area contributed by atoms with Gasteiger partial charge >= 0.3 is 6.18 Å². The van der Waals surface area contributed by atoms with Crippen LogP contribution in [0.1, 0.15) is 35.2 Å². The summed E-state index contributed by atoms with van der Waals surface area (Å²) in [7, 11) is 0. The first kappa shape index (κ1) is 21.5. The largest absolute Gasteiger partial charge is 0.416 e. The minimum absolute atomic E-state index is 0.0626. The SMILES string of the molecule is CCCc1sc(-c2ccc(C(F)(F)F)cc2F)nc1CSc1nc(C)cc(N)n1. The molecule has 2 heterocycles. The number of benzene rings is 1. The molecule has 4 nitrogen and oxygen atoms in total. The molecule has 0 fully saturated rings. The van der Waals surface area contributed by atoms with E-state index < -0.39 is 17.6 Å². The lowest BCUT2D eigenvalue weighted by molar-refractivity contribution is -0.137. The lowest BCUT2D eigenvalue weighted by atomic mass is 10.1. The summed E-state index contributed by atoms with van der Waals surface area (Å²) in [4.78, 5) is 14.0. The number of hydrogen-bond donors (Lipinski definition) is 1. The van der Waals surface area contributed by atoms with Crippen molar-refractivity contribution in [2.75, 3.05) is 5.73 Å². The van der Waals surface area contributed by atoms with Crippen molar-refractivity contribution in [2.24, 2.45) is 0 Å². The number of nitrogens with two attached hydrogens (primary N) is 1. The fourth-order valence-electron chi connectivity index (χ4n) is 2.66. The van der Waals surface area contributed by atoms with Crippen LogP contribution in [-0.2, 0) is 18.3 Å². The predicted octanol–water partition coefficient (Wildman–Crippen LogP) is 5.89. The van der Waals surface area contributed by atoms with Crippen LogP contribution in [0.15, 0.2) is 29.4 Å². The Morgan fingerprint density at radius 2 is 1.90 bits per heavy atom. The molecule has 0 unspecified atom stereocenters. The predicted molar refractivity (Wildman–Crippen MR) is 107 cm³/mol. The van der Waals surface area contributed by atoms with Gasteiger partial charge in [-0.05, 0) is 31.5 Å². The van der Waals surface area contributed by atoms with Crippen LogP contribution in [-0.4, -0.2) is 15.0 Å². The molecular weight excluding hydrogens is 424 g/mol. The third kappa shape index (κ3) is 5.24. The molecule has 0 atom stereocenters. The van der Waals surface area contributed by atoms with Crippen LogP contribution >= 0.6 is 23.1 Å². The van der Waals surface area contributed by atoms with Crippen molar-refractivity contribution in [3.63, 3.8) is 0 Å². The summed E-state index contributed by atoms with van der Waals surface area (Å²) in [6.07, 6.45) is -2.98. The summed E-state index contributed by atoms with van der Waals surface area (Å²) < 4.78 is 52.7. The van der Waals surface area contributed by atoms with E-state index in [1.54, 1.807) is 6.07 Å². The van der Waals surface area contributed by atoms with Gasteiger partial charge in [0.25, 0.3) is 0 Å². The van der Waals surface area contributed by atoms with Crippen molar-refractivity contribution in [1.82, 2.24) is 15.0 Å². The third-order valence-electron chi connectivity index (χ3n) is 3.97. The second-order valence-electron chi connectivity index (χ2n) is 6.34. The van der Waals surface area contributed by atoms with E-state index in [0.29, 0.717) is 27.8 Å². The van der Waals surface area contributed by atoms with Crippen LogP contribution in [0.3, 0.4) is 0 Å². The van der Waals surface area contributed by atoms with Crippen LogP contribution in [0.5, 0.6) is 0 Å². The zero-order chi connectivity index (χ0) is 21.2. The fourth-order valence-corrected chi connectivity index (χ4v) is 4.84. The molecule has 0 aliphatic heterocycles. The standard InChI is InChI=1S/C19H18F4N4S2/c1-3-4-15-14(9-28-18-25-10(2)7-16(24)27-18)26-17(29-15)12-6-5-11(8-13(12)20)19(21,22)23/h5-8H,3-4,9H2,1-2H3,(H2,24,25,27). The van der Waals surface area contributed by atoms with Gasteiger partial charge in [-0.2, -0.15) is 13.2 Å². The highest BCUT2D eigenvalue weighted by molar-refractivity contribution is 7.98. The first-order chi connectivity index (χ1) is 13.7. The van der Waals surface area contributed by atoms with Crippen LogP contribution in [0, 0.1) is 12.7 Å². The van der Waals surface area contributed by atoms with E-state index in [4.69, 9.17) is 5.73 Å². The number of halogens is 4. The minimum Gasteiger partial charge on any atom is -0.384 e. The van der Waals surface area contributed by atoms with E-state index in [9.17, 15) is 17.6 Å². The molecule has 0 spiro atoms. The minimum atomic E-state index is -4.59. The molecule has 3 rings (SSSR count). The molecule has 0 amide bonds. The molecule has 29 heavy (non-hydrogen) atoms. The van der Waals surface area contributed by atoms with Crippen molar-refractivity contribution in [1.29, 1.82) is 0 Å². The zero-order valence-electron chi connectivity index (χ0n) is 15.7. The van der Waals surface area contributed by atoms with Gasteiger partial charge in [0.15, 0.2) is 5.16 Å². The summed E-state index contributed by atoms with van der Waals surface area (Å²) in [5, 5.41) is 0.875. The lowest BCUT2D eigenvalue weighted by Crippen LogP contribution is -2.05. The number of nitrogens with zero attached hydrogens (tertiary/aromatic N) is 3. The lowest BCUT2D eigenvalue weighted by Gasteiger charge is -2.07. The number of aryl methyl sites for hydroxylation is 2. The summed E-state index contributed by atoms with van der Waals surface area (Å²) in [5.74, 6) is -0.109. The van der Waals surface area contributed by atoms with E-state index >= 15 is 0 Å². The Bertz CT molecular complexity index is 998. The van der Waals surface area contributed by atoms with E-state index in [1.807, 2.05) is 13.8 Å². The molecule has 0 aliphatic carbocycles. The first-order valence-electron chi connectivity index (χ1n) is 8.77. The Morgan fingerprint density at radius 3 is 2.52 bits per heavy atom. The number of aromatic nitrogens is 3. The van der Waals surface area contributed by atoms with Crippen molar-refractivity contribution < 1.29 is 17.6 Å². The third-order valence-corrected chi connectivity index (χ3v) is 6.02. The highest BCUT2D eigenvalue weighted by atomic mass is 32.2. The maximum absolute atomic E-state index is 14.4. The highest BCUT2D eigenvalue weighted by Gasteiger charge is 2.31. The molecule has 2 aromatic heterocycles. The number of alkyl halides is 3. The van der Waals surface area contributed by atoms with Crippen LogP contribution in [0.4, 0.5) is 23.4 Å². The van der Waals surface area contributed by atoms with Crippen LogP contribution in [0.25, 0.3) is 10.6 Å². The maximum atomic E-state index is 14.4. The summed E-state index contributed by atoms with van der Waals surface area (Å²) >= 11 is 2.65. The van der Waals surface area contributed by atoms with Gasteiger partial charge in [-0.3, -0.25) is 0 Å². The molecule has 154 valence electrons. The number of nitrogen functional groups attached to an aromatic ring is 1. The van der Waals surface area contributed by atoms with Gasteiger partial charge in [-0.15, -0.1) is 11.3 Å². The molecule has 0 bridgehead atoms. The Balaban J connectivity index is 1.88. The van der Waals surface area contributed by atoms with Gasteiger partial charge in [0.2, 0.25) is 0 Å². The molecule has 10 heteroatoms. The topological polar surface area (TPSA) is 64.7 Å². The fraction of sp³-hybridized carbons (Fsp3) is 0.316. The molecule has 1 aromatic carbocycles. The summed E-state index contributed by atoms with van der Waals surface area (Å²) in [6, 6.07) is 4.18. The number of thiazole rings is 1. The number of rotatable bonds is 6. The number of hydrogen-bond acceptors (Lipinski definition) is 6. The Kier molecular flexibility index (Phi) is 6.42. The second-order valence-corrected chi connectivity index (χ2v) is 8.36. The van der Waals surface area contributed by atoms with Gasteiger partial charge in [-0.25, -0.2) is 19.3 Å². The molecule has 0 aliphatic rings. The quantitative estimate of drug-likeness (QED) is 0.293. The molecule has 0 saturated heterocycles. The highest BCUT2D eigenvalue weighted by Crippen LogP contribution is 2.36. The van der Waals surface area contributed by atoms with E-state index in [1.165, 1.54) is 23.1 Å². The molecular formula is C19H18F4N4S2. The van der Waals surface area contributed by atoms with Gasteiger partial charge in [-0.1, -0.05) is 25.1 Å². The summed E-state index contributed by atoms with van der Waals surface area (Å²) in [5.41, 5.74) is 6.29. The van der Waals surface area contributed by atoms with Gasteiger partial charge < -0.3 is 5.73 Å².